The van der Waals surface area contributed by atoms with Crippen molar-refractivity contribution in [1.82, 2.24) is 5.32 Å². The highest BCUT2D eigenvalue weighted by Gasteiger charge is 2.24. The molecule has 2 N–H and O–H groups in total. The molecule has 2 aliphatic rings. The number of hydrogen-bond donors (Lipinski definition) is 2. The monoisotopic (exact) mass is 247 g/mol. The predicted molar refractivity (Wildman–Crippen MR) is 70.8 cm³/mol. The Morgan fingerprint density at radius 2 is 2.28 bits per heavy atom. The Morgan fingerprint density at radius 1 is 1.33 bits per heavy atom. The summed E-state index contributed by atoms with van der Waals surface area (Å²) in [6.45, 7) is 2.83. The molecule has 18 heavy (non-hydrogen) atoms. The van der Waals surface area contributed by atoms with Crippen molar-refractivity contribution >= 4 is 0 Å². The number of nitrogens with one attached hydrogen (secondary N) is 1. The molecule has 1 aromatic rings. The molecule has 1 saturated heterocycles. The number of fused-ring (bicyclic) bond motifs is 1. The quantitative estimate of drug-likeness (QED) is 0.840. The maximum absolute atomic E-state index is 10.5. The number of hydrogen-bond acceptors (Lipinski definition) is 3. The molecule has 0 aromatic heterocycles. The molecule has 2 aliphatic heterocycles. The van der Waals surface area contributed by atoms with Crippen molar-refractivity contribution in [2.45, 2.75) is 31.8 Å². The van der Waals surface area contributed by atoms with E-state index >= 15 is 0 Å². The molecule has 3 rings (SSSR count). The van der Waals surface area contributed by atoms with Gasteiger partial charge >= 0.3 is 0 Å². The molecule has 98 valence electrons. The van der Waals surface area contributed by atoms with Crippen molar-refractivity contribution in [1.29, 1.82) is 0 Å². The molecule has 0 amide bonds. The molecule has 0 bridgehead atoms. The third-order valence-corrected chi connectivity index (χ3v) is 4.06. The average molecular weight is 247 g/mol. The van der Waals surface area contributed by atoms with Crippen molar-refractivity contribution in [3.8, 4) is 5.75 Å². The van der Waals surface area contributed by atoms with E-state index in [1.165, 1.54) is 5.56 Å². The Kier molecular flexibility index (Phi) is 3.52. The lowest BCUT2D eigenvalue weighted by Gasteiger charge is -2.28. The lowest BCUT2D eigenvalue weighted by atomic mass is 9.88. The SMILES string of the molecule is OC(c1ccc2c(c1)CCCO2)C1CCCNC1. The summed E-state index contributed by atoms with van der Waals surface area (Å²) < 4.78 is 5.61. The van der Waals surface area contributed by atoms with E-state index in [4.69, 9.17) is 4.74 Å². The van der Waals surface area contributed by atoms with E-state index in [1.54, 1.807) is 0 Å². The zero-order valence-electron chi connectivity index (χ0n) is 10.7. The van der Waals surface area contributed by atoms with Crippen molar-refractivity contribution in [2.75, 3.05) is 19.7 Å². The van der Waals surface area contributed by atoms with Gasteiger partial charge in [0.2, 0.25) is 0 Å². The van der Waals surface area contributed by atoms with Gasteiger partial charge in [0.1, 0.15) is 5.75 Å². The zero-order valence-corrected chi connectivity index (χ0v) is 10.7. The number of ether oxygens (including phenoxy) is 1. The summed E-state index contributed by atoms with van der Waals surface area (Å²) in [5.74, 6) is 1.35. The zero-order chi connectivity index (χ0) is 12.4. The second-order valence-electron chi connectivity index (χ2n) is 5.37. The smallest absolute Gasteiger partial charge is 0.122 e. The van der Waals surface area contributed by atoms with Crippen LogP contribution in [-0.2, 0) is 6.42 Å². The van der Waals surface area contributed by atoms with Crippen LogP contribution in [0.4, 0.5) is 0 Å². The molecule has 1 fully saturated rings. The minimum Gasteiger partial charge on any atom is -0.493 e. The Balaban J connectivity index is 1.78. The fraction of sp³-hybridized carbons (Fsp3) is 0.600. The molecular weight excluding hydrogens is 226 g/mol. The molecule has 2 atom stereocenters. The van der Waals surface area contributed by atoms with Crippen LogP contribution in [0.25, 0.3) is 0 Å². The van der Waals surface area contributed by atoms with Gasteiger partial charge in [0.15, 0.2) is 0 Å². The number of piperidine rings is 1. The molecule has 1 aromatic carbocycles. The van der Waals surface area contributed by atoms with Gasteiger partial charge in [-0.2, -0.15) is 0 Å². The maximum atomic E-state index is 10.5. The van der Waals surface area contributed by atoms with Crippen LogP contribution in [0.5, 0.6) is 5.75 Å². The molecule has 3 nitrogen and oxygen atoms in total. The van der Waals surface area contributed by atoms with E-state index in [9.17, 15) is 5.11 Å². The summed E-state index contributed by atoms with van der Waals surface area (Å²) in [5, 5.41) is 13.8. The molecule has 2 heterocycles. The second kappa shape index (κ2) is 5.29. The van der Waals surface area contributed by atoms with Gasteiger partial charge in [-0.05, 0) is 55.5 Å². The fourth-order valence-corrected chi connectivity index (χ4v) is 2.98. The minimum atomic E-state index is -0.343. The number of aliphatic hydroxyl groups excluding tert-OH is 1. The van der Waals surface area contributed by atoms with Crippen LogP contribution in [0.1, 0.15) is 36.5 Å². The van der Waals surface area contributed by atoms with E-state index < -0.39 is 0 Å². The lowest BCUT2D eigenvalue weighted by Crippen LogP contribution is -2.33. The number of aliphatic hydroxyl groups is 1. The topological polar surface area (TPSA) is 41.5 Å². The van der Waals surface area contributed by atoms with Crippen LogP contribution >= 0.6 is 0 Å². The molecule has 0 radical (unpaired) electrons. The summed E-state index contributed by atoms with van der Waals surface area (Å²) in [6, 6.07) is 6.17. The number of aryl methyl sites for hydroxylation is 1. The van der Waals surface area contributed by atoms with Crippen LogP contribution in [0.15, 0.2) is 18.2 Å². The van der Waals surface area contributed by atoms with E-state index in [-0.39, 0.29) is 6.10 Å². The maximum Gasteiger partial charge on any atom is 0.122 e. The first-order valence-corrected chi connectivity index (χ1v) is 6.99. The molecular formula is C15H21NO2. The van der Waals surface area contributed by atoms with Gasteiger partial charge in [-0.25, -0.2) is 0 Å². The van der Waals surface area contributed by atoms with E-state index in [0.29, 0.717) is 5.92 Å². The third-order valence-electron chi connectivity index (χ3n) is 4.06. The van der Waals surface area contributed by atoms with Gasteiger partial charge in [0.25, 0.3) is 0 Å². The average Bonchev–Trinajstić information content (AvgIpc) is 2.47. The number of benzene rings is 1. The highest BCUT2D eigenvalue weighted by molar-refractivity contribution is 5.39. The Morgan fingerprint density at radius 3 is 3.11 bits per heavy atom. The molecule has 2 unspecified atom stereocenters. The first kappa shape index (κ1) is 12.0. The molecule has 0 spiro atoms. The van der Waals surface area contributed by atoms with E-state index in [2.05, 4.69) is 11.4 Å². The highest BCUT2D eigenvalue weighted by Crippen LogP contribution is 2.32. The Hall–Kier alpha value is -1.06. The van der Waals surface area contributed by atoms with Gasteiger partial charge in [0, 0.05) is 12.5 Å². The standard InChI is InChI=1S/C15H21NO2/c17-15(13-3-1-7-16-10-13)12-5-6-14-11(9-12)4-2-8-18-14/h5-6,9,13,15-17H,1-4,7-8,10H2. The van der Waals surface area contributed by atoms with Crippen molar-refractivity contribution in [2.24, 2.45) is 5.92 Å². The van der Waals surface area contributed by atoms with Gasteiger partial charge in [-0.15, -0.1) is 0 Å². The normalized spacial score (nSPS) is 25.1. The van der Waals surface area contributed by atoms with Crippen LogP contribution in [-0.4, -0.2) is 24.8 Å². The van der Waals surface area contributed by atoms with Crippen LogP contribution in [0.2, 0.25) is 0 Å². The second-order valence-corrected chi connectivity index (χ2v) is 5.37. The highest BCUT2D eigenvalue weighted by atomic mass is 16.5. The molecule has 3 heteroatoms. The summed E-state index contributed by atoms with van der Waals surface area (Å²) in [6.07, 6.45) is 4.08. The summed E-state index contributed by atoms with van der Waals surface area (Å²) in [4.78, 5) is 0. The Labute approximate surface area is 108 Å². The minimum absolute atomic E-state index is 0.343. The largest absolute Gasteiger partial charge is 0.493 e. The molecule has 0 aliphatic carbocycles. The van der Waals surface area contributed by atoms with Crippen molar-refractivity contribution < 1.29 is 9.84 Å². The van der Waals surface area contributed by atoms with Gasteiger partial charge in [0.05, 0.1) is 12.7 Å². The predicted octanol–water partition coefficient (Wildman–Crippen LogP) is 2.04. The van der Waals surface area contributed by atoms with E-state index in [0.717, 1.165) is 56.7 Å². The summed E-state index contributed by atoms with van der Waals surface area (Å²) in [7, 11) is 0. The van der Waals surface area contributed by atoms with Crippen LogP contribution in [0, 0.1) is 5.92 Å². The third kappa shape index (κ3) is 2.38. The van der Waals surface area contributed by atoms with Crippen LogP contribution in [0.3, 0.4) is 0 Å². The van der Waals surface area contributed by atoms with Gasteiger partial charge in [-0.1, -0.05) is 6.07 Å². The van der Waals surface area contributed by atoms with Crippen molar-refractivity contribution in [3.05, 3.63) is 29.3 Å². The summed E-state index contributed by atoms with van der Waals surface area (Å²) >= 11 is 0. The Bertz CT molecular complexity index is 413. The van der Waals surface area contributed by atoms with Gasteiger partial charge < -0.3 is 15.2 Å². The first-order valence-electron chi connectivity index (χ1n) is 6.99. The fourth-order valence-electron chi connectivity index (χ4n) is 2.98. The summed E-state index contributed by atoms with van der Waals surface area (Å²) in [5.41, 5.74) is 2.30. The first-order chi connectivity index (χ1) is 8.84. The molecule has 0 saturated carbocycles. The van der Waals surface area contributed by atoms with E-state index in [1.807, 2.05) is 12.1 Å². The lowest BCUT2D eigenvalue weighted by molar-refractivity contribution is 0.0919. The van der Waals surface area contributed by atoms with Crippen LogP contribution < -0.4 is 10.1 Å². The number of rotatable bonds is 2. The van der Waals surface area contributed by atoms with Crippen molar-refractivity contribution in [3.63, 3.8) is 0 Å². The van der Waals surface area contributed by atoms with Gasteiger partial charge in [-0.3, -0.25) is 0 Å².